The molecule has 0 radical (unpaired) electrons. The van der Waals surface area contributed by atoms with Crippen LogP contribution in [0.3, 0.4) is 0 Å². The van der Waals surface area contributed by atoms with Crippen LogP contribution >= 0.6 is 0 Å². The van der Waals surface area contributed by atoms with Gasteiger partial charge in [0, 0.05) is 19.6 Å². The number of benzene rings is 1. The van der Waals surface area contributed by atoms with Crippen LogP contribution in [-0.4, -0.2) is 25.4 Å². The molecular weight excluding hydrogens is 306 g/mol. The maximum atomic E-state index is 12.2. The molecule has 4 N–H and O–H groups in total. The number of nitrogens with zero attached hydrogens (tertiary/aromatic N) is 4. The predicted molar refractivity (Wildman–Crippen MR) is 88.6 cm³/mol. The Morgan fingerprint density at radius 2 is 2.12 bits per heavy atom. The molecule has 8 heteroatoms. The Bertz CT molecular complexity index is 918. The Kier molecular flexibility index (Phi) is 3.58. The maximum Gasteiger partial charge on any atom is 0.240 e. The molecule has 8 nitrogen and oxygen atoms in total. The normalized spacial score (nSPS) is 13.2. The fourth-order valence-corrected chi connectivity index (χ4v) is 2.88. The quantitative estimate of drug-likeness (QED) is 0.638. The molecule has 0 fully saturated rings. The number of nitrogen functional groups attached to an aromatic ring is 1. The maximum absolute atomic E-state index is 12.2. The average molecular weight is 323 g/mol. The van der Waals surface area contributed by atoms with E-state index in [1.807, 2.05) is 6.07 Å². The van der Waals surface area contributed by atoms with Crippen LogP contribution in [0.15, 0.2) is 30.9 Å². The number of anilines is 1. The Balaban J connectivity index is 1.42. The van der Waals surface area contributed by atoms with Crippen molar-refractivity contribution in [3.05, 3.63) is 47.5 Å². The van der Waals surface area contributed by atoms with Crippen molar-refractivity contribution >= 4 is 22.9 Å². The van der Waals surface area contributed by atoms with E-state index in [4.69, 9.17) is 5.73 Å². The number of fused-ring (bicyclic) bond motifs is 2. The summed E-state index contributed by atoms with van der Waals surface area (Å²) in [5, 5.41) is 6.24. The molecule has 1 amide bonds. The van der Waals surface area contributed by atoms with Crippen LogP contribution in [0.5, 0.6) is 0 Å². The van der Waals surface area contributed by atoms with Crippen LogP contribution < -0.4 is 16.4 Å². The van der Waals surface area contributed by atoms with Crippen molar-refractivity contribution in [2.45, 2.75) is 26.2 Å². The third-order valence-electron chi connectivity index (χ3n) is 4.13. The highest BCUT2D eigenvalue weighted by Gasteiger charge is 2.12. The molecule has 122 valence electrons. The van der Waals surface area contributed by atoms with E-state index in [9.17, 15) is 4.79 Å². The van der Waals surface area contributed by atoms with Gasteiger partial charge < -0.3 is 20.9 Å². The van der Waals surface area contributed by atoms with E-state index in [0.717, 1.165) is 18.7 Å². The van der Waals surface area contributed by atoms with Crippen LogP contribution in [0.4, 0.5) is 5.82 Å². The van der Waals surface area contributed by atoms with Gasteiger partial charge in [-0.05, 0) is 16.7 Å². The summed E-state index contributed by atoms with van der Waals surface area (Å²) in [6.45, 7) is 2.44. The number of nitrogens with one attached hydrogen (secondary N) is 2. The molecule has 0 saturated heterocycles. The minimum Gasteiger partial charge on any atom is -0.382 e. The topological polar surface area (TPSA) is 111 Å². The second kappa shape index (κ2) is 5.89. The SMILES string of the molecule is Nc1ncnc2c1ncn2CC(=O)NCc1ccc2c(c1)CNC2. The highest BCUT2D eigenvalue weighted by molar-refractivity contribution is 5.83. The minimum absolute atomic E-state index is 0.106. The molecule has 0 saturated carbocycles. The zero-order valence-electron chi connectivity index (χ0n) is 13.0. The molecule has 0 aliphatic carbocycles. The highest BCUT2D eigenvalue weighted by atomic mass is 16.1. The summed E-state index contributed by atoms with van der Waals surface area (Å²) in [4.78, 5) is 24.4. The van der Waals surface area contributed by atoms with Crippen LogP contribution in [0.1, 0.15) is 16.7 Å². The fourth-order valence-electron chi connectivity index (χ4n) is 2.88. The number of carbonyl (C=O) groups excluding carboxylic acids is 1. The van der Waals surface area contributed by atoms with Gasteiger partial charge in [0.25, 0.3) is 0 Å². The predicted octanol–water partition coefficient (Wildman–Crippen LogP) is 0.328. The number of amides is 1. The van der Waals surface area contributed by atoms with Gasteiger partial charge in [-0.15, -0.1) is 0 Å². The zero-order chi connectivity index (χ0) is 16.5. The van der Waals surface area contributed by atoms with Crippen LogP contribution in [0.25, 0.3) is 11.2 Å². The third-order valence-corrected chi connectivity index (χ3v) is 4.13. The Hall–Kier alpha value is -3.00. The molecule has 0 spiro atoms. The zero-order valence-corrected chi connectivity index (χ0v) is 13.0. The van der Waals surface area contributed by atoms with E-state index in [-0.39, 0.29) is 12.5 Å². The summed E-state index contributed by atoms with van der Waals surface area (Å²) in [5.74, 6) is 0.205. The molecular formula is C16H17N7O. The third kappa shape index (κ3) is 2.67. The fraction of sp³-hybridized carbons (Fsp3) is 0.250. The lowest BCUT2D eigenvalue weighted by atomic mass is 10.1. The summed E-state index contributed by atoms with van der Waals surface area (Å²) in [5.41, 5.74) is 10.5. The largest absolute Gasteiger partial charge is 0.382 e. The van der Waals surface area contributed by atoms with Crippen molar-refractivity contribution in [2.24, 2.45) is 0 Å². The van der Waals surface area contributed by atoms with Gasteiger partial charge in [-0.3, -0.25) is 4.79 Å². The number of rotatable bonds is 4. The van der Waals surface area contributed by atoms with Gasteiger partial charge in [-0.2, -0.15) is 0 Å². The Labute approximate surface area is 138 Å². The van der Waals surface area contributed by atoms with E-state index >= 15 is 0 Å². The van der Waals surface area contributed by atoms with E-state index < -0.39 is 0 Å². The van der Waals surface area contributed by atoms with E-state index in [0.29, 0.717) is 23.5 Å². The van der Waals surface area contributed by atoms with Crippen molar-refractivity contribution in [2.75, 3.05) is 5.73 Å². The van der Waals surface area contributed by atoms with Gasteiger partial charge in [0.05, 0.1) is 6.33 Å². The first-order chi connectivity index (χ1) is 11.7. The molecule has 1 aliphatic heterocycles. The van der Waals surface area contributed by atoms with Crippen molar-refractivity contribution in [3.8, 4) is 0 Å². The summed E-state index contributed by atoms with van der Waals surface area (Å²) in [7, 11) is 0. The molecule has 2 aromatic heterocycles. The van der Waals surface area contributed by atoms with E-state index in [1.165, 1.54) is 17.5 Å². The van der Waals surface area contributed by atoms with Gasteiger partial charge in [0.1, 0.15) is 18.4 Å². The van der Waals surface area contributed by atoms with E-state index in [2.05, 4.69) is 37.7 Å². The molecule has 0 atom stereocenters. The van der Waals surface area contributed by atoms with Gasteiger partial charge in [-0.25, -0.2) is 15.0 Å². The minimum atomic E-state index is -0.106. The number of aromatic nitrogens is 4. The number of nitrogens with two attached hydrogens (primary N) is 1. The summed E-state index contributed by atoms with van der Waals surface area (Å²) in [6, 6.07) is 6.29. The van der Waals surface area contributed by atoms with Crippen molar-refractivity contribution < 1.29 is 4.79 Å². The monoisotopic (exact) mass is 323 g/mol. The van der Waals surface area contributed by atoms with Crippen molar-refractivity contribution in [3.63, 3.8) is 0 Å². The molecule has 24 heavy (non-hydrogen) atoms. The highest BCUT2D eigenvalue weighted by Crippen LogP contribution is 2.17. The van der Waals surface area contributed by atoms with Crippen LogP contribution in [-0.2, 0) is 31.0 Å². The van der Waals surface area contributed by atoms with Crippen molar-refractivity contribution in [1.82, 2.24) is 30.2 Å². The molecule has 1 aliphatic rings. The van der Waals surface area contributed by atoms with Gasteiger partial charge in [0.2, 0.25) is 5.91 Å². The van der Waals surface area contributed by atoms with Gasteiger partial charge in [-0.1, -0.05) is 18.2 Å². The first-order valence-electron chi connectivity index (χ1n) is 7.70. The number of hydrogen-bond acceptors (Lipinski definition) is 6. The molecule has 0 unspecified atom stereocenters. The lowest BCUT2D eigenvalue weighted by molar-refractivity contribution is -0.121. The summed E-state index contributed by atoms with van der Waals surface area (Å²) < 4.78 is 1.66. The second-order valence-corrected chi connectivity index (χ2v) is 5.79. The molecule has 4 rings (SSSR count). The van der Waals surface area contributed by atoms with Gasteiger partial charge >= 0.3 is 0 Å². The molecule has 3 heterocycles. The Morgan fingerprint density at radius 3 is 3.04 bits per heavy atom. The summed E-state index contributed by atoms with van der Waals surface area (Å²) in [6.07, 6.45) is 2.92. The number of hydrogen-bond donors (Lipinski definition) is 3. The van der Waals surface area contributed by atoms with Crippen LogP contribution in [0.2, 0.25) is 0 Å². The first-order valence-corrected chi connectivity index (χ1v) is 7.70. The standard InChI is InChI=1S/C16H17N7O/c17-15-14-16(21-8-20-15)23(9-22-14)7-13(24)19-4-10-1-2-11-5-18-6-12(11)3-10/h1-3,8-9,18H,4-7H2,(H,19,24)(H2,17,20,21). The number of carbonyl (C=O) groups is 1. The second-order valence-electron chi connectivity index (χ2n) is 5.79. The average Bonchev–Trinajstić information content (AvgIpc) is 3.20. The smallest absolute Gasteiger partial charge is 0.240 e. The first kappa shape index (κ1) is 14.6. The summed E-state index contributed by atoms with van der Waals surface area (Å²) >= 11 is 0. The van der Waals surface area contributed by atoms with Crippen LogP contribution in [0, 0.1) is 0 Å². The lowest BCUT2D eigenvalue weighted by Crippen LogP contribution is -2.27. The van der Waals surface area contributed by atoms with E-state index in [1.54, 1.807) is 10.9 Å². The molecule has 3 aromatic rings. The number of imidazole rings is 1. The van der Waals surface area contributed by atoms with Gasteiger partial charge in [0.15, 0.2) is 11.5 Å². The van der Waals surface area contributed by atoms with Crippen molar-refractivity contribution in [1.29, 1.82) is 0 Å². The lowest BCUT2D eigenvalue weighted by Gasteiger charge is -2.08. The Morgan fingerprint density at radius 1 is 1.25 bits per heavy atom. The molecule has 0 bridgehead atoms. The molecule has 1 aromatic carbocycles.